The Labute approximate surface area is 89.4 Å². The summed E-state index contributed by atoms with van der Waals surface area (Å²) in [5, 5.41) is 11.5. The molecular weight excluding hydrogens is 192 g/mol. The van der Waals surface area contributed by atoms with E-state index in [1.54, 1.807) is 20.3 Å². The van der Waals surface area contributed by atoms with Crippen molar-refractivity contribution in [2.24, 2.45) is 0 Å². The number of nitrogens with one attached hydrogen (secondary N) is 1. The van der Waals surface area contributed by atoms with Crippen molar-refractivity contribution in [1.29, 1.82) is 5.26 Å². The highest BCUT2D eigenvalue weighted by molar-refractivity contribution is 5.53. The van der Waals surface area contributed by atoms with Gasteiger partial charge >= 0.3 is 0 Å². The van der Waals surface area contributed by atoms with Crippen molar-refractivity contribution in [3.8, 4) is 17.6 Å². The van der Waals surface area contributed by atoms with Gasteiger partial charge in [0.2, 0.25) is 0 Å². The molecule has 0 unspecified atom stereocenters. The van der Waals surface area contributed by atoms with Gasteiger partial charge in [-0.1, -0.05) is 0 Å². The minimum atomic E-state index is 0.472. The highest BCUT2D eigenvalue weighted by Crippen LogP contribution is 2.25. The van der Waals surface area contributed by atoms with Gasteiger partial charge in [-0.15, -0.1) is 0 Å². The third kappa shape index (κ3) is 3.39. The summed E-state index contributed by atoms with van der Waals surface area (Å²) < 4.78 is 10.2. The van der Waals surface area contributed by atoms with Crippen LogP contribution < -0.4 is 14.8 Å². The monoisotopic (exact) mass is 206 g/mol. The van der Waals surface area contributed by atoms with E-state index < -0.39 is 0 Å². The van der Waals surface area contributed by atoms with Crippen molar-refractivity contribution in [2.75, 3.05) is 26.1 Å². The lowest BCUT2D eigenvalue weighted by Crippen LogP contribution is -2.00. The average molecular weight is 206 g/mol. The Hall–Kier alpha value is -1.89. The molecule has 0 amide bonds. The topological polar surface area (TPSA) is 54.3 Å². The van der Waals surface area contributed by atoms with E-state index in [1.165, 1.54) is 0 Å². The van der Waals surface area contributed by atoms with E-state index in [1.807, 2.05) is 12.1 Å². The second-order valence-corrected chi connectivity index (χ2v) is 2.94. The fourth-order valence-corrected chi connectivity index (χ4v) is 1.17. The zero-order chi connectivity index (χ0) is 11.1. The molecule has 0 atom stereocenters. The summed E-state index contributed by atoms with van der Waals surface area (Å²) in [5.74, 6) is 1.46. The molecule has 4 heteroatoms. The van der Waals surface area contributed by atoms with Crippen LogP contribution in [0.2, 0.25) is 0 Å². The van der Waals surface area contributed by atoms with Crippen molar-refractivity contribution in [1.82, 2.24) is 0 Å². The number of nitrogens with zero attached hydrogens (tertiary/aromatic N) is 1. The SMILES string of the molecule is COc1cc(NCCC#N)cc(OC)c1. The quantitative estimate of drug-likeness (QED) is 0.749. The number of hydrogen-bond acceptors (Lipinski definition) is 4. The number of anilines is 1. The molecule has 0 spiro atoms. The molecule has 0 aliphatic carbocycles. The highest BCUT2D eigenvalue weighted by atomic mass is 16.5. The predicted molar refractivity (Wildman–Crippen MR) is 58.3 cm³/mol. The van der Waals surface area contributed by atoms with E-state index >= 15 is 0 Å². The van der Waals surface area contributed by atoms with Crippen molar-refractivity contribution in [3.05, 3.63) is 18.2 Å². The average Bonchev–Trinajstić information content (AvgIpc) is 2.29. The molecular formula is C11H14N2O2. The second kappa shape index (κ2) is 5.76. The Bertz CT molecular complexity index is 336. The van der Waals surface area contributed by atoms with Crippen LogP contribution in [0, 0.1) is 11.3 Å². The molecule has 1 rings (SSSR count). The molecule has 1 aromatic carbocycles. The molecule has 0 heterocycles. The van der Waals surface area contributed by atoms with Gasteiger partial charge in [0.15, 0.2) is 0 Å². The van der Waals surface area contributed by atoms with Crippen LogP contribution in [0.5, 0.6) is 11.5 Å². The van der Waals surface area contributed by atoms with Crippen LogP contribution in [0.4, 0.5) is 5.69 Å². The predicted octanol–water partition coefficient (Wildman–Crippen LogP) is 2.03. The Kier molecular flexibility index (Phi) is 4.30. The van der Waals surface area contributed by atoms with E-state index in [0.29, 0.717) is 13.0 Å². The molecule has 0 aliphatic rings. The molecule has 0 aromatic heterocycles. The van der Waals surface area contributed by atoms with Gasteiger partial charge in [-0.25, -0.2) is 0 Å². The molecule has 80 valence electrons. The van der Waals surface area contributed by atoms with E-state index in [-0.39, 0.29) is 0 Å². The van der Waals surface area contributed by atoms with Crippen molar-refractivity contribution >= 4 is 5.69 Å². The van der Waals surface area contributed by atoms with Gasteiger partial charge in [-0.2, -0.15) is 5.26 Å². The first-order valence-corrected chi connectivity index (χ1v) is 4.64. The number of ether oxygens (including phenoxy) is 2. The Balaban J connectivity index is 2.74. The largest absolute Gasteiger partial charge is 0.497 e. The van der Waals surface area contributed by atoms with Gasteiger partial charge < -0.3 is 14.8 Å². The third-order valence-electron chi connectivity index (χ3n) is 1.92. The molecule has 1 N–H and O–H groups in total. The molecule has 0 bridgehead atoms. The molecule has 1 aromatic rings. The first-order valence-electron chi connectivity index (χ1n) is 4.64. The smallest absolute Gasteiger partial charge is 0.124 e. The van der Waals surface area contributed by atoms with E-state index in [9.17, 15) is 0 Å². The van der Waals surface area contributed by atoms with E-state index in [0.717, 1.165) is 17.2 Å². The van der Waals surface area contributed by atoms with Crippen LogP contribution in [0.25, 0.3) is 0 Å². The summed E-state index contributed by atoms with van der Waals surface area (Å²) in [7, 11) is 3.21. The van der Waals surface area contributed by atoms with E-state index in [2.05, 4.69) is 11.4 Å². The lowest BCUT2D eigenvalue weighted by Gasteiger charge is -2.09. The standard InChI is InChI=1S/C11H14N2O2/c1-14-10-6-9(13-5-3-4-12)7-11(8-10)15-2/h6-8,13H,3,5H2,1-2H3. The van der Waals surface area contributed by atoms with Gasteiger partial charge in [0.1, 0.15) is 11.5 Å². The summed E-state index contributed by atoms with van der Waals surface area (Å²) >= 11 is 0. The van der Waals surface area contributed by atoms with Crippen LogP contribution in [0.15, 0.2) is 18.2 Å². The Morgan fingerprint density at radius 3 is 2.27 bits per heavy atom. The minimum absolute atomic E-state index is 0.472. The molecule has 4 nitrogen and oxygen atoms in total. The number of hydrogen-bond donors (Lipinski definition) is 1. The number of rotatable bonds is 5. The summed E-state index contributed by atoms with van der Waals surface area (Å²) in [5.41, 5.74) is 0.890. The number of benzene rings is 1. The molecule has 0 saturated carbocycles. The fourth-order valence-electron chi connectivity index (χ4n) is 1.17. The van der Waals surface area contributed by atoms with Crippen LogP contribution in [-0.4, -0.2) is 20.8 Å². The zero-order valence-corrected chi connectivity index (χ0v) is 8.91. The van der Waals surface area contributed by atoms with Gasteiger partial charge in [-0.05, 0) is 0 Å². The normalized spacial score (nSPS) is 9.13. The fraction of sp³-hybridized carbons (Fsp3) is 0.364. The molecule has 15 heavy (non-hydrogen) atoms. The van der Waals surface area contributed by atoms with Crippen molar-refractivity contribution < 1.29 is 9.47 Å². The van der Waals surface area contributed by atoms with Gasteiger partial charge in [0, 0.05) is 30.4 Å². The minimum Gasteiger partial charge on any atom is -0.497 e. The summed E-state index contributed by atoms with van der Waals surface area (Å²) in [6, 6.07) is 7.59. The molecule has 0 fully saturated rings. The zero-order valence-electron chi connectivity index (χ0n) is 8.91. The summed E-state index contributed by atoms with van der Waals surface area (Å²) in [6.07, 6.45) is 0.472. The van der Waals surface area contributed by atoms with Crippen LogP contribution in [-0.2, 0) is 0 Å². The molecule has 0 aliphatic heterocycles. The lowest BCUT2D eigenvalue weighted by atomic mass is 10.2. The molecule has 0 radical (unpaired) electrons. The Morgan fingerprint density at radius 1 is 1.20 bits per heavy atom. The van der Waals surface area contributed by atoms with Crippen LogP contribution in [0.1, 0.15) is 6.42 Å². The van der Waals surface area contributed by atoms with Crippen molar-refractivity contribution in [3.63, 3.8) is 0 Å². The highest BCUT2D eigenvalue weighted by Gasteiger charge is 2.00. The second-order valence-electron chi connectivity index (χ2n) is 2.94. The first kappa shape index (κ1) is 11.2. The number of nitriles is 1. The van der Waals surface area contributed by atoms with Gasteiger partial charge in [0.25, 0.3) is 0 Å². The van der Waals surface area contributed by atoms with Gasteiger partial charge in [-0.3, -0.25) is 0 Å². The van der Waals surface area contributed by atoms with Crippen molar-refractivity contribution in [2.45, 2.75) is 6.42 Å². The lowest BCUT2D eigenvalue weighted by molar-refractivity contribution is 0.394. The van der Waals surface area contributed by atoms with Crippen LogP contribution in [0.3, 0.4) is 0 Å². The van der Waals surface area contributed by atoms with Crippen LogP contribution >= 0.6 is 0 Å². The van der Waals surface area contributed by atoms with Gasteiger partial charge in [0.05, 0.1) is 26.7 Å². The first-order chi connectivity index (χ1) is 7.30. The molecule has 0 saturated heterocycles. The number of methoxy groups -OCH3 is 2. The maximum Gasteiger partial charge on any atom is 0.124 e. The van der Waals surface area contributed by atoms with E-state index in [4.69, 9.17) is 14.7 Å². The summed E-state index contributed by atoms with van der Waals surface area (Å²) in [6.45, 7) is 0.618. The maximum atomic E-state index is 8.41. The Morgan fingerprint density at radius 2 is 1.80 bits per heavy atom. The third-order valence-corrected chi connectivity index (χ3v) is 1.92. The maximum absolute atomic E-state index is 8.41. The summed E-state index contributed by atoms with van der Waals surface area (Å²) in [4.78, 5) is 0.